The van der Waals surface area contributed by atoms with E-state index in [1.54, 1.807) is 17.5 Å². The smallest absolute Gasteiger partial charge is 0.263 e. The van der Waals surface area contributed by atoms with Crippen molar-refractivity contribution in [2.75, 3.05) is 10.0 Å². The Labute approximate surface area is 119 Å². The molecule has 2 rings (SSSR count). The second kappa shape index (κ2) is 5.51. The molecule has 0 aliphatic heterocycles. The predicted octanol–water partition coefficient (Wildman–Crippen LogP) is 1.60. The SMILES string of the molecule is NC(=S)Nc1ccc(S(=O)(=O)Nc2nccs2)cc1. The molecule has 19 heavy (non-hydrogen) atoms. The summed E-state index contributed by atoms with van der Waals surface area (Å²) in [5.41, 5.74) is 5.95. The van der Waals surface area contributed by atoms with Crippen LogP contribution in [-0.2, 0) is 10.0 Å². The second-order valence-electron chi connectivity index (χ2n) is 3.46. The Morgan fingerprint density at radius 2 is 2.00 bits per heavy atom. The van der Waals surface area contributed by atoms with Gasteiger partial charge < -0.3 is 11.1 Å². The number of aromatic nitrogens is 1. The fraction of sp³-hybridized carbons (Fsp3) is 0. The van der Waals surface area contributed by atoms with Crippen LogP contribution < -0.4 is 15.8 Å². The molecule has 2 aromatic rings. The summed E-state index contributed by atoms with van der Waals surface area (Å²) in [4.78, 5) is 4.00. The van der Waals surface area contributed by atoms with Gasteiger partial charge in [-0.1, -0.05) is 0 Å². The predicted molar refractivity (Wildman–Crippen MR) is 79.8 cm³/mol. The van der Waals surface area contributed by atoms with E-state index in [-0.39, 0.29) is 10.0 Å². The third-order valence-corrected chi connectivity index (χ3v) is 4.36. The molecule has 0 bridgehead atoms. The number of rotatable bonds is 4. The summed E-state index contributed by atoms with van der Waals surface area (Å²) < 4.78 is 26.4. The van der Waals surface area contributed by atoms with Gasteiger partial charge in [-0.25, -0.2) is 13.4 Å². The number of nitrogens with zero attached hydrogens (tertiary/aromatic N) is 1. The molecule has 0 atom stereocenters. The van der Waals surface area contributed by atoms with Crippen LogP contribution >= 0.6 is 23.6 Å². The van der Waals surface area contributed by atoms with Crippen molar-refractivity contribution in [3.8, 4) is 0 Å². The van der Waals surface area contributed by atoms with Crippen molar-refractivity contribution in [3.63, 3.8) is 0 Å². The number of hydrogen-bond acceptors (Lipinski definition) is 5. The quantitative estimate of drug-likeness (QED) is 0.742. The number of hydrogen-bond donors (Lipinski definition) is 3. The Morgan fingerprint density at radius 1 is 1.32 bits per heavy atom. The maximum absolute atomic E-state index is 12.0. The van der Waals surface area contributed by atoms with Gasteiger partial charge in [0.1, 0.15) is 0 Å². The van der Waals surface area contributed by atoms with Crippen molar-refractivity contribution < 1.29 is 8.42 Å². The lowest BCUT2D eigenvalue weighted by atomic mass is 10.3. The topological polar surface area (TPSA) is 97.1 Å². The fourth-order valence-electron chi connectivity index (χ4n) is 1.31. The number of nitrogens with two attached hydrogens (primary N) is 1. The van der Waals surface area contributed by atoms with E-state index < -0.39 is 10.0 Å². The average Bonchev–Trinajstić information content (AvgIpc) is 2.81. The molecule has 0 unspecified atom stereocenters. The summed E-state index contributed by atoms with van der Waals surface area (Å²) >= 11 is 5.90. The first-order valence-electron chi connectivity index (χ1n) is 5.06. The number of sulfonamides is 1. The van der Waals surface area contributed by atoms with Crippen LogP contribution in [0.5, 0.6) is 0 Å². The molecule has 0 fully saturated rings. The number of nitrogens with one attached hydrogen (secondary N) is 2. The van der Waals surface area contributed by atoms with Crippen LogP contribution in [0.25, 0.3) is 0 Å². The van der Waals surface area contributed by atoms with Crippen molar-refractivity contribution in [1.29, 1.82) is 0 Å². The molecule has 9 heteroatoms. The summed E-state index contributed by atoms with van der Waals surface area (Å²) in [6, 6.07) is 6.07. The number of benzene rings is 1. The largest absolute Gasteiger partial charge is 0.376 e. The van der Waals surface area contributed by atoms with Gasteiger partial charge in [0.25, 0.3) is 10.0 Å². The zero-order chi connectivity index (χ0) is 13.9. The van der Waals surface area contributed by atoms with Crippen LogP contribution in [0.4, 0.5) is 10.8 Å². The van der Waals surface area contributed by atoms with E-state index in [0.717, 1.165) is 0 Å². The lowest BCUT2D eigenvalue weighted by Gasteiger charge is -2.07. The van der Waals surface area contributed by atoms with Crippen molar-refractivity contribution in [1.82, 2.24) is 4.98 Å². The van der Waals surface area contributed by atoms with Gasteiger partial charge in [0.05, 0.1) is 4.90 Å². The van der Waals surface area contributed by atoms with E-state index >= 15 is 0 Å². The van der Waals surface area contributed by atoms with Crippen LogP contribution in [0.15, 0.2) is 40.7 Å². The van der Waals surface area contributed by atoms with Crippen molar-refractivity contribution in [2.45, 2.75) is 4.90 Å². The highest BCUT2D eigenvalue weighted by molar-refractivity contribution is 7.93. The standard InChI is InChI=1S/C10H10N4O2S3/c11-9(17)13-7-1-3-8(4-2-7)19(15,16)14-10-12-5-6-18-10/h1-6H,(H,12,14)(H3,11,13,17). The molecule has 0 aliphatic rings. The lowest BCUT2D eigenvalue weighted by molar-refractivity contribution is 0.601. The summed E-state index contributed by atoms with van der Waals surface area (Å²) in [5, 5.41) is 4.85. The molecule has 1 aromatic carbocycles. The Bertz CT molecular complexity index is 665. The van der Waals surface area contributed by atoms with Gasteiger partial charge in [-0.2, -0.15) is 0 Å². The molecule has 0 radical (unpaired) electrons. The Balaban J connectivity index is 2.19. The molecular weight excluding hydrogens is 304 g/mol. The van der Waals surface area contributed by atoms with E-state index in [1.807, 2.05) is 0 Å². The Morgan fingerprint density at radius 3 is 2.53 bits per heavy atom. The Hall–Kier alpha value is -1.71. The van der Waals surface area contributed by atoms with Gasteiger partial charge in [0.2, 0.25) is 0 Å². The molecular formula is C10H10N4O2S3. The lowest BCUT2D eigenvalue weighted by Crippen LogP contribution is -2.19. The second-order valence-corrected chi connectivity index (χ2v) is 6.47. The third-order valence-electron chi connectivity index (χ3n) is 2.09. The van der Waals surface area contributed by atoms with Crippen LogP contribution in [0.2, 0.25) is 0 Å². The molecule has 0 saturated heterocycles. The highest BCUT2D eigenvalue weighted by Gasteiger charge is 2.15. The fourth-order valence-corrected chi connectivity index (χ4v) is 3.21. The molecule has 6 nitrogen and oxygen atoms in total. The normalized spacial score (nSPS) is 10.9. The minimum atomic E-state index is -3.62. The third kappa shape index (κ3) is 3.63. The van der Waals surface area contributed by atoms with Gasteiger partial charge >= 0.3 is 0 Å². The van der Waals surface area contributed by atoms with Gasteiger partial charge in [-0.15, -0.1) is 11.3 Å². The zero-order valence-corrected chi connectivity index (χ0v) is 12.0. The summed E-state index contributed by atoms with van der Waals surface area (Å²) in [5.74, 6) is 0. The maximum atomic E-state index is 12.0. The number of thiocarbonyl (C=S) groups is 1. The summed E-state index contributed by atoms with van der Waals surface area (Å²) in [7, 11) is -3.62. The number of thiazole rings is 1. The van der Waals surface area contributed by atoms with Crippen LogP contribution in [0, 0.1) is 0 Å². The maximum Gasteiger partial charge on any atom is 0.263 e. The first kappa shape index (κ1) is 13.7. The molecule has 4 N–H and O–H groups in total. The van der Waals surface area contributed by atoms with Gasteiger partial charge in [0, 0.05) is 17.3 Å². The van der Waals surface area contributed by atoms with E-state index in [9.17, 15) is 8.42 Å². The van der Waals surface area contributed by atoms with Crippen LogP contribution in [0.1, 0.15) is 0 Å². The van der Waals surface area contributed by atoms with Gasteiger partial charge in [-0.3, -0.25) is 4.72 Å². The molecule has 1 heterocycles. The first-order valence-corrected chi connectivity index (χ1v) is 7.83. The van der Waals surface area contributed by atoms with E-state index in [1.165, 1.54) is 29.7 Å². The van der Waals surface area contributed by atoms with Crippen LogP contribution in [0.3, 0.4) is 0 Å². The summed E-state index contributed by atoms with van der Waals surface area (Å²) in [6.07, 6.45) is 1.53. The molecule has 0 aliphatic carbocycles. The van der Waals surface area contributed by atoms with Crippen molar-refractivity contribution in [3.05, 3.63) is 35.8 Å². The highest BCUT2D eigenvalue weighted by Crippen LogP contribution is 2.19. The monoisotopic (exact) mass is 314 g/mol. The van der Waals surface area contributed by atoms with E-state index in [2.05, 4.69) is 27.2 Å². The molecule has 0 saturated carbocycles. The van der Waals surface area contributed by atoms with Crippen molar-refractivity contribution >= 4 is 49.5 Å². The van der Waals surface area contributed by atoms with Crippen molar-refractivity contribution in [2.24, 2.45) is 5.73 Å². The van der Waals surface area contributed by atoms with E-state index in [4.69, 9.17) is 5.73 Å². The zero-order valence-electron chi connectivity index (χ0n) is 9.53. The van der Waals surface area contributed by atoms with Gasteiger partial charge in [-0.05, 0) is 36.5 Å². The molecule has 0 spiro atoms. The van der Waals surface area contributed by atoms with E-state index in [0.29, 0.717) is 10.8 Å². The average molecular weight is 314 g/mol. The molecule has 1 aromatic heterocycles. The molecule has 100 valence electrons. The molecule has 0 amide bonds. The minimum Gasteiger partial charge on any atom is -0.376 e. The minimum absolute atomic E-state index is 0.122. The summed E-state index contributed by atoms with van der Waals surface area (Å²) in [6.45, 7) is 0. The number of anilines is 2. The first-order chi connectivity index (χ1) is 8.97. The highest BCUT2D eigenvalue weighted by atomic mass is 32.2. The van der Waals surface area contributed by atoms with Gasteiger partial charge in [0.15, 0.2) is 10.2 Å². The Kier molecular flexibility index (Phi) is 3.98. The van der Waals surface area contributed by atoms with Crippen LogP contribution in [-0.4, -0.2) is 18.5 Å².